The Labute approximate surface area is 187 Å². The van der Waals surface area contributed by atoms with Gasteiger partial charge in [-0.15, -0.1) is 0 Å². The number of guanidine groups is 1. The minimum Gasteiger partial charge on any atom is -0.466 e. The van der Waals surface area contributed by atoms with Gasteiger partial charge in [-0.2, -0.15) is 4.99 Å². The molecule has 3 atom stereocenters. The SMILES string of the molecule is CCOC(=O)[C@@H]1C(=O)N=C(N2CCCCC2)N2[C@@H](c3ccccc3)Oc3ccccc3[C@H]12. The van der Waals surface area contributed by atoms with Gasteiger partial charge in [0.15, 0.2) is 5.92 Å². The first kappa shape index (κ1) is 20.5. The summed E-state index contributed by atoms with van der Waals surface area (Å²) in [5.41, 5.74) is 1.74. The number of hydrogen-bond donors (Lipinski definition) is 0. The summed E-state index contributed by atoms with van der Waals surface area (Å²) in [6.07, 6.45) is 2.73. The van der Waals surface area contributed by atoms with Gasteiger partial charge >= 0.3 is 5.97 Å². The zero-order valence-electron chi connectivity index (χ0n) is 18.1. The molecule has 1 amide bonds. The standard InChI is InChI=1S/C25H27N3O4/c1-2-31-24(30)20-21-18-13-7-8-14-19(18)32-23(17-11-5-3-6-12-17)28(21)25(26-22(20)29)27-15-9-4-10-16-27/h3,5-8,11-14,20-21,23H,2,4,9-10,15-16H2,1H3/t20-,21+,23+/m0/s1. The number of likely N-dealkylation sites (tertiary alicyclic amines) is 1. The van der Waals surface area contributed by atoms with Crippen molar-refractivity contribution in [3.05, 3.63) is 65.7 Å². The highest BCUT2D eigenvalue weighted by Gasteiger charge is 2.52. The molecule has 0 bridgehead atoms. The average molecular weight is 434 g/mol. The number of hydrogen-bond acceptors (Lipinski definition) is 6. The van der Waals surface area contributed by atoms with Gasteiger partial charge in [-0.25, -0.2) is 0 Å². The molecule has 0 aliphatic carbocycles. The van der Waals surface area contributed by atoms with E-state index in [2.05, 4.69) is 9.89 Å². The number of amides is 1. The Morgan fingerprint density at radius 1 is 1.06 bits per heavy atom. The molecule has 3 aliphatic rings. The van der Waals surface area contributed by atoms with Crippen LogP contribution in [0.4, 0.5) is 0 Å². The molecular weight excluding hydrogens is 406 g/mol. The van der Waals surface area contributed by atoms with Crippen molar-refractivity contribution in [1.29, 1.82) is 0 Å². The first-order chi connectivity index (χ1) is 15.7. The van der Waals surface area contributed by atoms with E-state index in [0.29, 0.717) is 11.7 Å². The van der Waals surface area contributed by atoms with Gasteiger partial charge in [-0.1, -0.05) is 48.5 Å². The molecule has 0 aromatic heterocycles. The molecule has 2 aromatic carbocycles. The van der Waals surface area contributed by atoms with Crippen LogP contribution in [0.5, 0.6) is 5.75 Å². The van der Waals surface area contributed by atoms with Crippen molar-refractivity contribution >= 4 is 17.8 Å². The minimum absolute atomic E-state index is 0.207. The van der Waals surface area contributed by atoms with Crippen LogP contribution < -0.4 is 4.74 Å². The van der Waals surface area contributed by atoms with Gasteiger partial charge in [0.2, 0.25) is 12.2 Å². The van der Waals surface area contributed by atoms with E-state index in [0.717, 1.165) is 43.5 Å². The third-order valence-electron chi connectivity index (χ3n) is 6.32. The van der Waals surface area contributed by atoms with Crippen molar-refractivity contribution in [3.63, 3.8) is 0 Å². The second kappa shape index (κ2) is 8.65. The van der Waals surface area contributed by atoms with Crippen LogP contribution in [0.1, 0.15) is 49.6 Å². The predicted molar refractivity (Wildman–Crippen MR) is 119 cm³/mol. The van der Waals surface area contributed by atoms with E-state index in [1.54, 1.807) is 6.92 Å². The summed E-state index contributed by atoms with van der Waals surface area (Å²) in [7, 11) is 0. The minimum atomic E-state index is -1.04. The third-order valence-corrected chi connectivity index (χ3v) is 6.32. The molecule has 0 unspecified atom stereocenters. The Bertz CT molecular complexity index is 1030. The van der Waals surface area contributed by atoms with Gasteiger partial charge in [0.05, 0.1) is 12.6 Å². The first-order valence-electron chi connectivity index (χ1n) is 11.3. The molecule has 0 spiro atoms. The highest BCUT2D eigenvalue weighted by molar-refractivity contribution is 6.07. The number of esters is 1. The normalized spacial score (nSPS) is 24.7. The number of aliphatic imine (C=N–C) groups is 1. The van der Waals surface area contributed by atoms with Crippen molar-refractivity contribution in [2.45, 2.75) is 38.5 Å². The van der Waals surface area contributed by atoms with Crippen molar-refractivity contribution < 1.29 is 19.1 Å². The average Bonchev–Trinajstić information content (AvgIpc) is 2.84. The molecule has 2 aromatic rings. The molecule has 0 radical (unpaired) electrons. The summed E-state index contributed by atoms with van der Waals surface area (Å²) in [4.78, 5) is 34.9. The highest BCUT2D eigenvalue weighted by Crippen LogP contribution is 2.48. The van der Waals surface area contributed by atoms with E-state index in [1.807, 2.05) is 59.5 Å². The molecule has 0 saturated carbocycles. The maximum Gasteiger partial charge on any atom is 0.321 e. The molecule has 3 aliphatic heterocycles. The van der Waals surface area contributed by atoms with E-state index < -0.39 is 30.1 Å². The smallest absolute Gasteiger partial charge is 0.321 e. The second-order valence-electron chi connectivity index (χ2n) is 8.30. The quantitative estimate of drug-likeness (QED) is 0.543. The Morgan fingerprint density at radius 3 is 2.53 bits per heavy atom. The number of para-hydroxylation sites is 1. The number of rotatable bonds is 3. The van der Waals surface area contributed by atoms with Crippen LogP contribution in [-0.2, 0) is 14.3 Å². The van der Waals surface area contributed by atoms with Crippen LogP contribution in [0.3, 0.4) is 0 Å². The summed E-state index contributed by atoms with van der Waals surface area (Å²) in [5, 5.41) is 0. The van der Waals surface area contributed by atoms with E-state index in [1.165, 1.54) is 0 Å². The molecular formula is C25H27N3O4. The van der Waals surface area contributed by atoms with Gasteiger partial charge in [-0.05, 0) is 32.3 Å². The lowest BCUT2D eigenvalue weighted by atomic mass is 9.86. The lowest BCUT2D eigenvalue weighted by molar-refractivity contribution is -0.157. The summed E-state index contributed by atoms with van der Waals surface area (Å²) < 4.78 is 11.8. The van der Waals surface area contributed by atoms with E-state index in [4.69, 9.17) is 9.47 Å². The first-order valence-corrected chi connectivity index (χ1v) is 11.3. The fourth-order valence-electron chi connectivity index (χ4n) is 4.87. The van der Waals surface area contributed by atoms with Crippen molar-refractivity contribution in [2.24, 2.45) is 10.9 Å². The van der Waals surface area contributed by atoms with Crippen molar-refractivity contribution in [3.8, 4) is 5.75 Å². The summed E-state index contributed by atoms with van der Waals surface area (Å²) in [6.45, 7) is 3.60. The van der Waals surface area contributed by atoms with E-state index in [9.17, 15) is 9.59 Å². The molecule has 7 heteroatoms. The van der Waals surface area contributed by atoms with Crippen LogP contribution in [-0.4, -0.2) is 47.3 Å². The van der Waals surface area contributed by atoms with Crippen molar-refractivity contribution in [2.75, 3.05) is 19.7 Å². The second-order valence-corrected chi connectivity index (χ2v) is 8.30. The maximum absolute atomic E-state index is 13.3. The van der Waals surface area contributed by atoms with Crippen LogP contribution in [0.25, 0.3) is 0 Å². The Morgan fingerprint density at radius 2 is 1.78 bits per heavy atom. The molecule has 1 fully saturated rings. The topological polar surface area (TPSA) is 71.4 Å². The van der Waals surface area contributed by atoms with Gasteiger partial charge in [0.25, 0.3) is 5.91 Å². The molecule has 7 nitrogen and oxygen atoms in total. The molecule has 166 valence electrons. The van der Waals surface area contributed by atoms with Gasteiger partial charge in [0.1, 0.15) is 5.75 Å². The van der Waals surface area contributed by atoms with Gasteiger partial charge in [-0.3, -0.25) is 14.5 Å². The molecule has 0 N–H and O–H groups in total. The number of fused-ring (bicyclic) bond motifs is 3. The predicted octanol–water partition coefficient (Wildman–Crippen LogP) is 3.68. The van der Waals surface area contributed by atoms with Crippen molar-refractivity contribution in [1.82, 2.24) is 9.80 Å². The molecule has 32 heavy (non-hydrogen) atoms. The van der Waals surface area contributed by atoms with Crippen LogP contribution in [0.2, 0.25) is 0 Å². The maximum atomic E-state index is 13.3. The van der Waals surface area contributed by atoms with Gasteiger partial charge < -0.3 is 14.4 Å². The Balaban J connectivity index is 1.69. The lowest BCUT2D eigenvalue weighted by Gasteiger charge is -2.50. The number of benzene rings is 2. The molecule has 5 rings (SSSR count). The van der Waals surface area contributed by atoms with E-state index in [-0.39, 0.29) is 6.61 Å². The largest absolute Gasteiger partial charge is 0.466 e. The Kier molecular flexibility index (Phi) is 5.55. The molecule has 1 saturated heterocycles. The fraction of sp³-hybridized carbons (Fsp3) is 0.400. The third kappa shape index (κ3) is 3.51. The number of ether oxygens (including phenoxy) is 2. The number of piperidine rings is 1. The van der Waals surface area contributed by atoms with Crippen LogP contribution in [0.15, 0.2) is 59.6 Å². The molecule has 3 heterocycles. The zero-order valence-corrected chi connectivity index (χ0v) is 18.1. The van der Waals surface area contributed by atoms with E-state index >= 15 is 0 Å². The summed E-state index contributed by atoms with van der Waals surface area (Å²) >= 11 is 0. The highest BCUT2D eigenvalue weighted by atomic mass is 16.5. The summed E-state index contributed by atoms with van der Waals surface area (Å²) in [6, 6.07) is 17.0. The number of carbonyl (C=O) groups excluding carboxylic acids is 2. The fourth-order valence-corrected chi connectivity index (χ4v) is 4.87. The van der Waals surface area contributed by atoms with Crippen LogP contribution in [0, 0.1) is 5.92 Å². The monoisotopic (exact) mass is 433 g/mol. The number of nitrogens with zero attached hydrogens (tertiary/aromatic N) is 3. The van der Waals surface area contributed by atoms with Crippen LogP contribution >= 0.6 is 0 Å². The Hall–Kier alpha value is -3.35. The number of carbonyl (C=O) groups is 2. The summed E-state index contributed by atoms with van der Waals surface area (Å²) in [5.74, 6) is -0.779. The van der Waals surface area contributed by atoms with Gasteiger partial charge in [0, 0.05) is 24.2 Å². The zero-order chi connectivity index (χ0) is 22.1. The lowest BCUT2D eigenvalue weighted by Crippen LogP contribution is -2.58.